The fraction of sp³-hybridized carbons (Fsp3) is 0.727. The number of nitrogens with zero attached hydrogens (tertiary/aromatic N) is 1. The first-order valence-electron chi connectivity index (χ1n) is 5.69. The maximum atomic E-state index is 11.4. The number of carboxylic acids is 1. The Hall–Kier alpha value is -1.63. The molecule has 1 amide bonds. The van der Waals surface area contributed by atoms with Crippen molar-refractivity contribution >= 4 is 17.8 Å². The molecule has 0 saturated carbocycles. The Bertz CT molecular complexity index is 304. The number of aliphatic carboxylic acids is 1. The second-order valence-corrected chi connectivity index (χ2v) is 4.04. The number of esters is 1. The fourth-order valence-corrected chi connectivity index (χ4v) is 1.28. The number of hydrogen-bond acceptors (Lipinski definition) is 5. The summed E-state index contributed by atoms with van der Waals surface area (Å²) in [5.41, 5.74) is 0. The third-order valence-corrected chi connectivity index (χ3v) is 2.04. The van der Waals surface area contributed by atoms with Crippen LogP contribution in [0.2, 0.25) is 0 Å². The number of nitrogens with one attached hydrogen (secondary N) is 1. The number of carboxylic acid groups (broad SMARTS) is 1. The Balaban J connectivity index is 4.19. The van der Waals surface area contributed by atoms with Gasteiger partial charge < -0.3 is 20.1 Å². The maximum absolute atomic E-state index is 11.4. The van der Waals surface area contributed by atoms with Gasteiger partial charge in [-0.3, -0.25) is 9.59 Å². The van der Waals surface area contributed by atoms with Crippen molar-refractivity contribution in [1.82, 2.24) is 10.2 Å². The van der Waals surface area contributed by atoms with Crippen LogP contribution in [0, 0.1) is 0 Å². The van der Waals surface area contributed by atoms with Crippen LogP contribution in [0.1, 0.15) is 19.8 Å². The van der Waals surface area contributed by atoms with Crippen molar-refractivity contribution in [1.29, 1.82) is 0 Å². The molecule has 0 aliphatic carbocycles. The molecule has 0 radical (unpaired) electrons. The van der Waals surface area contributed by atoms with Crippen molar-refractivity contribution in [2.45, 2.75) is 25.8 Å². The van der Waals surface area contributed by atoms with Crippen LogP contribution in [0.5, 0.6) is 0 Å². The summed E-state index contributed by atoms with van der Waals surface area (Å²) in [5, 5.41) is 11.3. The van der Waals surface area contributed by atoms with Gasteiger partial charge in [0.05, 0.1) is 13.2 Å². The van der Waals surface area contributed by atoms with Gasteiger partial charge in [-0.2, -0.15) is 0 Å². The van der Waals surface area contributed by atoms with Crippen molar-refractivity contribution in [3.8, 4) is 0 Å². The van der Waals surface area contributed by atoms with E-state index in [1.807, 2.05) is 0 Å². The first-order chi connectivity index (χ1) is 8.36. The molecule has 1 atom stereocenters. The van der Waals surface area contributed by atoms with Crippen LogP contribution in [-0.4, -0.2) is 61.1 Å². The van der Waals surface area contributed by atoms with Crippen LogP contribution in [0.3, 0.4) is 0 Å². The Morgan fingerprint density at radius 2 is 1.94 bits per heavy atom. The van der Waals surface area contributed by atoms with E-state index in [0.717, 1.165) is 0 Å². The quantitative estimate of drug-likeness (QED) is 0.569. The van der Waals surface area contributed by atoms with Gasteiger partial charge >= 0.3 is 11.9 Å². The molecule has 0 aliphatic rings. The summed E-state index contributed by atoms with van der Waals surface area (Å²) in [4.78, 5) is 35.0. The molecule has 0 spiro atoms. The van der Waals surface area contributed by atoms with Crippen molar-refractivity contribution in [3.63, 3.8) is 0 Å². The second-order valence-electron chi connectivity index (χ2n) is 4.04. The third-order valence-electron chi connectivity index (χ3n) is 2.04. The average molecular weight is 260 g/mol. The standard InChI is InChI=1S/C11H20N2O5/c1-4-18-10(15)6-5-8(11(16)17)12-9(14)7-13(2)3/h8H,4-7H2,1-3H3,(H,12,14)(H,16,17)/t8-/m0/s1. The predicted octanol–water partition coefficient (Wildman–Crippen LogP) is -0.539. The summed E-state index contributed by atoms with van der Waals surface area (Å²) in [6, 6.07) is -1.07. The summed E-state index contributed by atoms with van der Waals surface area (Å²) >= 11 is 0. The predicted molar refractivity (Wildman–Crippen MR) is 64.0 cm³/mol. The Morgan fingerprint density at radius 3 is 2.39 bits per heavy atom. The van der Waals surface area contributed by atoms with Gasteiger partial charge in [0.25, 0.3) is 0 Å². The largest absolute Gasteiger partial charge is 0.480 e. The van der Waals surface area contributed by atoms with Gasteiger partial charge in [-0.05, 0) is 27.4 Å². The number of amides is 1. The van der Waals surface area contributed by atoms with Crippen LogP contribution in [-0.2, 0) is 19.1 Å². The van der Waals surface area contributed by atoms with E-state index in [1.165, 1.54) is 0 Å². The molecule has 0 unspecified atom stereocenters. The van der Waals surface area contributed by atoms with Crippen LogP contribution in [0.4, 0.5) is 0 Å². The fourth-order valence-electron chi connectivity index (χ4n) is 1.28. The lowest BCUT2D eigenvalue weighted by atomic mass is 10.1. The minimum absolute atomic E-state index is 0.0212. The summed E-state index contributed by atoms with van der Waals surface area (Å²) in [6.07, 6.45) is -0.0135. The Morgan fingerprint density at radius 1 is 1.33 bits per heavy atom. The van der Waals surface area contributed by atoms with Crippen LogP contribution >= 0.6 is 0 Å². The van der Waals surface area contributed by atoms with Gasteiger partial charge in [-0.15, -0.1) is 0 Å². The first kappa shape index (κ1) is 16.4. The highest BCUT2D eigenvalue weighted by atomic mass is 16.5. The normalized spacial score (nSPS) is 12.0. The smallest absolute Gasteiger partial charge is 0.326 e. The van der Waals surface area contributed by atoms with E-state index < -0.39 is 23.9 Å². The molecule has 0 fully saturated rings. The molecule has 0 heterocycles. The van der Waals surface area contributed by atoms with Gasteiger partial charge in [0, 0.05) is 6.42 Å². The molecule has 0 aromatic rings. The van der Waals surface area contributed by atoms with E-state index in [2.05, 4.69) is 10.1 Å². The molecule has 0 saturated heterocycles. The van der Waals surface area contributed by atoms with Crippen LogP contribution in [0.15, 0.2) is 0 Å². The van der Waals surface area contributed by atoms with Gasteiger partial charge in [-0.25, -0.2) is 4.79 Å². The maximum Gasteiger partial charge on any atom is 0.326 e. The first-order valence-corrected chi connectivity index (χ1v) is 5.69. The highest BCUT2D eigenvalue weighted by Crippen LogP contribution is 2.00. The molecule has 0 bridgehead atoms. The molecule has 104 valence electrons. The van der Waals surface area contributed by atoms with Crippen molar-refractivity contribution in [2.75, 3.05) is 27.2 Å². The molecule has 7 heteroatoms. The lowest BCUT2D eigenvalue weighted by molar-refractivity contribution is -0.145. The van der Waals surface area contributed by atoms with E-state index in [1.54, 1.807) is 25.9 Å². The van der Waals surface area contributed by atoms with Gasteiger partial charge in [-0.1, -0.05) is 0 Å². The number of rotatable bonds is 8. The summed E-state index contributed by atoms with van der Waals surface area (Å²) in [7, 11) is 3.40. The lowest BCUT2D eigenvalue weighted by Gasteiger charge is -2.16. The lowest BCUT2D eigenvalue weighted by Crippen LogP contribution is -2.44. The van der Waals surface area contributed by atoms with Gasteiger partial charge in [0.15, 0.2) is 0 Å². The van der Waals surface area contributed by atoms with Crippen molar-refractivity contribution in [2.24, 2.45) is 0 Å². The average Bonchev–Trinajstić information content (AvgIpc) is 2.23. The SMILES string of the molecule is CCOC(=O)CC[C@H](NC(=O)CN(C)C)C(=O)O. The number of hydrogen-bond donors (Lipinski definition) is 2. The topological polar surface area (TPSA) is 95.9 Å². The van der Waals surface area contributed by atoms with E-state index >= 15 is 0 Å². The van der Waals surface area contributed by atoms with E-state index in [4.69, 9.17) is 5.11 Å². The molecule has 0 aromatic heterocycles. The number of carbonyl (C=O) groups excluding carboxylic acids is 2. The van der Waals surface area contributed by atoms with Crippen LogP contribution in [0.25, 0.3) is 0 Å². The number of carbonyl (C=O) groups is 3. The van der Waals surface area contributed by atoms with Crippen molar-refractivity contribution < 1.29 is 24.2 Å². The Kier molecular flexibility index (Phi) is 7.69. The monoisotopic (exact) mass is 260 g/mol. The third kappa shape index (κ3) is 7.61. The van der Waals surface area contributed by atoms with Gasteiger partial charge in [0.1, 0.15) is 6.04 Å². The molecular weight excluding hydrogens is 240 g/mol. The zero-order valence-corrected chi connectivity index (χ0v) is 10.9. The molecule has 0 aromatic carbocycles. The molecule has 0 rings (SSSR count). The highest BCUT2D eigenvalue weighted by molar-refractivity contribution is 5.85. The molecule has 2 N–H and O–H groups in total. The zero-order valence-electron chi connectivity index (χ0n) is 10.9. The minimum Gasteiger partial charge on any atom is -0.480 e. The second kappa shape index (κ2) is 8.46. The van der Waals surface area contributed by atoms with Crippen LogP contribution < -0.4 is 5.32 Å². The van der Waals surface area contributed by atoms with Crippen molar-refractivity contribution in [3.05, 3.63) is 0 Å². The van der Waals surface area contributed by atoms with E-state index in [9.17, 15) is 14.4 Å². The molecular formula is C11H20N2O5. The van der Waals surface area contributed by atoms with Gasteiger partial charge in [0.2, 0.25) is 5.91 Å². The Labute approximate surface area is 106 Å². The molecule has 18 heavy (non-hydrogen) atoms. The summed E-state index contributed by atoms with van der Waals surface area (Å²) in [6.45, 7) is 2.03. The molecule has 7 nitrogen and oxygen atoms in total. The summed E-state index contributed by atoms with van der Waals surface area (Å²) < 4.78 is 4.69. The number of ether oxygens (including phenoxy) is 1. The minimum atomic E-state index is -1.16. The van der Waals surface area contributed by atoms with E-state index in [-0.39, 0.29) is 26.0 Å². The molecule has 0 aliphatic heterocycles. The van der Waals surface area contributed by atoms with E-state index in [0.29, 0.717) is 0 Å². The summed E-state index contributed by atoms with van der Waals surface area (Å²) in [5.74, 6) is -2.02. The zero-order chi connectivity index (χ0) is 14.1. The number of likely N-dealkylation sites (N-methyl/N-ethyl adjacent to an activating group) is 1. The highest BCUT2D eigenvalue weighted by Gasteiger charge is 2.21.